The van der Waals surface area contributed by atoms with Gasteiger partial charge in [0.05, 0.1) is 0 Å². The van der Waals surface area contributed by atoms with E-state index in [0.29, 0.717) is 6.61 Å². The second-order valence-corrected chi connectivity index (χ2v) is 4.77. The smallest absolute Gasteiger partial charge is 0.149 e. The van der Waals surface area contributed by atoms with Crippen LogP contribution in [-0.4, -0.2) is 6.61 Å². The van der Waals surface area contributed by atoms with Crippen molar-refractivity contribution >= 4 is 0 Å². The molecule has 0 aromatic heterocycles. The van der Waals surface area contributed by atoms with Gasteiger partial charge in [-0.05, 0) is 43.2 Å². The van der Waals surface area contributed by atoms with Gasteiger partial charge in [0.15, 0.2) is 0 Å². The Kier molecular flexibility index (Phi) is 4.81. The molecule has 0 aliphatic carbocycles. The van der Waals surface area contributed by atoms with E-state index in [1.54, 1.807) is 0 Å². The number of aryl methyl sites for hydroxylation is 1. The number of hydrogen-bond acceptors (Lipinski definition) is 2. The van der Waals surface area contributed by atoms with Crippen LogP contribution in [0.3, 0.4) is 0 Å². The summed E-state index contributed by atoms with van der Waals surface area (Å²) < 4.78 is 5.68. The third-order valence-electron chi connectivity index (χ3n) is 3.03. The van der Waals surface area contributed by atoms with Crippen molar-refractivity contribution < 1.29 is 4.74 Å². The minimum atomic E-state index is 0.0422. The maximum absolute atomic E-state index is 5.86. The minimum Gasteiger partial charge on any atom is -0.481 e. The van der Waals surface area contributed by atoms with E-state index in [0.717, 1.165) is 22.4 Å². The highest BCUT2D eigenvalue weighted by molar-refractivity contribution is 5.38. The molecule has 0 aliphatic heterocycles. The molecule has 2 aromatic rings. The first-order chi connectivity index (χ1) is 9.66. The molecule has 0 saturated carbocycles. The molecule has 2 aromatic carbocycles. The Morgan fingerprint density at radius 3 is 2.55 bits per heavy atom. The Labute approximate surface area is 120 Å². The molecule has 0 fully saturated rings. The molecule has 0 aliphatic rings. The Hall–Kier alpha value is -2.24. The van der Waals surface area contributed by atoms with Gasteiger partial charge in [0.25, 0.3) is 0 Å². The van der Waals surface area contributed by atoms with Gasteiger partial charge in [0.1, 0.15) is 12.4 Å². The SMILES string of the molecule is Cc1cc(C(C)N)ccc1OCC#Cc1ccccc1. The highest BCUT2D eigenvalue weighted by Crippen LogP contribution is 2.21. The van der Waals surface area contributed by atoms with Gasteiger partial charge in [-0.1, -0.05) is 42.2 Å². The molecular weight excluding hydrogens is 246 g/mol. The molecule has 20 heavy (non-hydrogen) atoms. The van der Waals surface area contributed by atoms with Crippen molar-refractivity contribution in [1.29, 1.82) is 0 Å². The van der Waals surface area contributed by atoms with E-state index in [2.05, 4.69) is 17.9 Å². The first kappa shape index (κ1) is 14.2. The molecule has 0 amide bonds. The zero-order valence-corrected chi connectivity index (χ0v) is 11.9. The third-order valence-corrected chi connectivity index (χ3v) is 3.03. The third kappa shape index (κ3) is 3.88. The molecule has 0 heterocycles. The average Bonchev–Trinajstić information content (AvgIpc) is 2.46. The van der Waals surface area contributed by atoms with Crippen molar-refractivity contribution in [3.05, 3.63) is 65.2 Å². The summed E-state index contributed by atoms with van der Waals surface area (Å²) in [6.45, 7) is 4.37. The molecule has 0 spiro atoms. The Morgan fingerprint density at radius 2 is 1.90 bits per heavy atom. The van der Waals surface area contributed by atoms with E-state index < -0.39 is 0 Å². The van der Waals surface area contributed by atoms with Crippen molar-refractivity contribution in [1.82, 2.24) is 0 Å². The minimum absolute atomic E-state index is 0.0422. The standard InChI is InChI=1S/C18H19NO/c1-14-13-17(15(2)19)10-11-18(14)20-12-6-9-16-7-4-3-5-8-16/h3-5,7-8,10-11,13,15H,12,19H2,1-2H3. The summed E-state index contributed by atoms with van der Waals surface area (Å²) in [6.07, 6.45) is 0. The second kappa shape index (κ2) is 6.79. The maximum atomic E-state index is 5.86. The summed E-state index contributed by atoms with van der Waals surface area (Å²) >= 11 is 0. The molecule has 0 radical (unpaired) electrons. The molecular formula is C18H19NO. The van der Waals surface area contributed by atoms with Crippen LogP contribution in [0.5, 0.6) is 5.75 Å². The number of benzene rings is 2. The zero-order valence-electron chi connectivity index (χ0n) is 11.9. The molecule has 102 valence electrons. The lowest BCUT2D eigenvalue weighted by Crippen LogP contribution is -2.05. The lowest BCUT2D eigenvalue weighted by Gasteiger charge is -2.10. The van der Waals surface area contributed by atoms with Gasteiger partial charge in [0.2, 0.25) is 0 Å². The quantitative estimate of drug-likeness (QED) is 0.863. The van der Waals surface area contributed by atoms with Crippen molar-refractivity contribution in [3.8, 4) is 17.6 Å². The van der Waals surface area contributed by atoms with Crippen LogP contribution in [0.1, 0.15) is 29.7 Å². The summed E-state index contributed by atoms with van der Waals surface area (Å²) in [5.41, 5.74) is 9.06. The summed E-state index contributed by atoms with van der Waals surface area (Å²) in [5, 5.41) is 0. The van der Waals surface area contributed by atoms with Crippen LogP contribution in [0.4, 0.5) is 0 Å². The van der Waals surface area contributed by atoms with E-state index in [9.17, 15) is 0 Å². The van der Waals surface area contributed by atoms with Crippen molar-refractivity contribution in [3.63, 3.8) is 0 Å². The Bertz CT molecular complexity index is 621. The van der Waals surface area contributed by atoms with Crippen LogP contribution >= 0.6 is 0 Å². The predicted octanol–water partition coefficient (Wildman–Crippen LogP) is 3.45. The van der Waals surface area contributed by atoms with Crippen LogP contribution in [0.15, 0.2) is 48.5 Å². The van der Waals surface area contributed by atoms with E-state index in [4.69, 9.17) is 10.5 Å². The van der Waals surface area contributed by atoms with Gasteiger partial charge < -0.3 is 10.5 Å². The van der Waals surface area contributed by atoms with Crippen molar-refractivity contribution in [2.24, 2.45) is 5.73 Å². The number of rotatable bonds is 3. The Balaban J connectivity index is 1.97. The lowest BCUT2D eigenvalue weighted by atomic mass is 10.1. The van der Waals surface area contributed by atoms with E-state index in [1.807, 2.05) is 56.3 Å². The maximum Gasteiger partial charge on any atom is 0.149 e. The normalized spacial score (nSPS) is 11.3. The van der Waals surface area contributed by atoms with Crippen LogP contribution in [0.2, 0.25) is 0 Å². The fourth-order valence-electron chi connectivity index (χ4n) is 1.89. The van der Waals surface area contributed by atoms with Gasteiger partial charge in [-0.15, -0.1) is 0 Å². The first-order valence-corrected chi connectivity index (χ1v) is 6.69. The summed E-state index contributed by atoms with van der Waals surface area (Å²) in [5.74, 6) is 6.94. The second-order valence-electron chi connectivity index (χ2n) is 4.77. The summed E-state index contributed by atoms with van der Waals surface area (Å²) in [7, 11) is 0. The monoisotopic (exact) mass is 265 g/mol. The fraction of sp³-hybridized carbons (Fsp3) is 0.222. The summed E-state index contributed by atoms with van der Waals surface area (Å²) in [4.78, 5) is 0. The fourth-order valence-corrected chi connectivity index (χ4v) is 1.89. The predicted molar refractivity (Wildman–Crippen MR) is 82.6 cm³/mol. The molecule has 2 nitrogen and oxygen atoms in total. The first-order valence-electron chi connectivity index (χ1n) is 6.69. The zero-order chi connectivity index (χ0) is 14.4. The number of hydrogen-bond donors (Lipinski definition) is 1. The molecule has 1 unspecified atom stereocenters. The Morgan fingerprint density at radius 1 is 1.15 bits per heavy atom. The summed E-state index contributed by atoms with van der Waals surface area (Å²) in [6, 6.07) is 15.9. The van der Waals surface area contributed by atoms with Gasteiger partial charge >= 0.3 is 0 Å². The van der Waals surface area contributed by atoms with Crippen LogP contribution in [0, 0.1) is 18.8 Å². The van der Waals surface area contributed by atoms with Gasteiger partial charge in [-0.25, -0.2) is 0 Å². The van der Waals surface area contributed by atoms with Gasteiger partial charge in [-0.3, -0.25) is 0 Å². The van der Waals surface area contributed by atoms with E-state index >= 15 is 0 Å². The molecule has 2 N–H and O–H groups in total. The lowest BCUT2D eigenvalue weighted by molar-refractivity contribution is 0.367. The average molecular weight is 265 g/mol. The highest BCUT2D eigenvalue weighted by Gasteiger charge is 2.03. The van der Waals surface area contributed by atoms with E-state index in [-0.39, 0.29) is 6.04 Å². The largest absolute Gasteiger partial charge is 0.481 e. The van der Waals surface area contributed by atoms with Crippen molar-refractivity contribution in [2.45, 2.75) is 19.9 Å². The van der Waals surface area contributed by atoms with E-state index in [1.165, 1.54) is 0 Å². The van der Waals surface area contributed by atoms with Crippen LogP contribution in [-0.2, 0) is 0 Å². The topological polar surface area (TPSA) is 35.2 Å². The van der Waals surface area contributed by atoms with Crippen LogP contribution < -0.4 is 10.5 Å². The molecule has 0 bridgehead atoms. The molecule has 1 atom stereocenters. The molecule has 0 saturated heterocycles. The van der Waals surface area contributed by atoms with Gasteiger partial charge in [0, 0.05) is 11.6 Å². The number of ether oxygens (including phenoxy) is 1. The molecule has 2 rings (SSSR count). The highest BCUT2D eigenvalue weighted by atomic mass is 16.5. The van der Waals surface area contributed by atoms with Gasteiger partial charge in [-0.2, -0.15) is 0 Å². The van der Waals surface area contributed by atoms with Crippen molar-refractivity contribution in [2.75, 3.05) is 6.61 Å². The van der Waals surface area contributed by atoms with Crippen LogP contribution in [0.25, 0.3) is 0 Å². The molecule has 2 heteroatoms. The number of nitrogens with two attached hydrogens (primary N) is 1.